The Kier molecular flexibility index (Phi) is 3.92. The Labute approximate surface area is 128 Å². The molecule has 1 heterocycles. The number of hydrogen-bond donors (Lipinski definition) is 1. The maximum atomic E-state index is 12.0. The van der Waals surface area contributed by atoms with Crippen molar-refractivity contribution in [2.45, 2.75) is 30.3 Å². The van der Waals surface area contributed by atoms with E-state index in [-0.39, 0.29) is 11.8 Å². The van der Waals surface area contributed by atoms with Gasteiger partial charge in [0.25, 0.3) is 0 Å². The minimum Gasteiger partial charge on any atom is -0.326 e. The van der Waals surface area contributed by atoms with E-state index in [0.717, 1.165) is 27.7 Å². The zero-order valence-electron chi connectivity index (χ0n) is 12.0. The SMILES string of the molecule is Cc1cc(Sc2ncccn2)ccc1NC(=O)[C@@H]1C[C@H]1C. The van der Waals surface area contributed by atoms with Gasteiger partial charge in [-0.1, -0.05) is 6.92 Å². The van der Waals surface area contributed by atoms with Crippen LogP contribution < -0.4 is 5.32 Å². The van der Waals surface area contributed by atoms with Crippen molar-refractivity contribution in [3.63, 3.8) is 0 Å². The first kappa shape index (κ1) is 14.1. The summed E-state index contributed by atoms with van der Waals surface area (Å²) in [5, 5.41) is 3.74. The maximum Gasteiger partial charge on any atom is 0.227 e. The number of benzene rings is 1. The summed E-state index contributed by atoms with van der Waals surface area (Å²) >= 11 is 1.51. The zero-order chi connectivity index (χ0) is 14.8. The van der Waals surface area contributed by atoms with Crippen molar-refractivity contribution in [3.05, 3.63) is 42.2 Å². The summed E-state index contributed by atoms with van der Waals surface area (Å²) in [4.78, 5) is 21.4. The van der Waals surface area contributed by atoms with Crippen LogP contribution in [0.2, 0.25) is 0 Å². The lowest BCUT2D eigenvalue weighted by molar-refractivity contribution is -0.117. The molecule has 4 nitrogen and oxygen atoms in total. The van der Waals surface area contributed by atoms with Crippen molar-refractivity contribution in [2.24, 2.45) is 11.8 Å². The van der Waals surface area contributed by atoms with E-state index >= 15 is 0 Å². The van der Waals surface area contributed by atoms with Gasteiger partial charge in [0.2, 0.25) is 5.91 Å². The van der Waals surface area contributed by atoms with E-state index in [1.54, 1.807) is 18.5 Å². The Morgan fingerprint density at radius 3 is 2.67 bits per heavy atom. The van der Waals surface area contributed by atoms with Gasteiger partial charge >= 0.3 is 0 Å². The Morgan fingerprint density at radius 2 is 2.05 bits per heavy atom. The van der Waals surface area contributed by atoms with Gasteiger partial charge in [0.1, 0.15) is 0 Å². The first-order valence-electron chi connectivity index (χ1n) is 7.00. The molecule has 2 atom stereocenters. The van der Waals surface area contributed by atoms with E-state index in [1.807, 2.05) is 25.1 Å². The number of hydrogen-bond acceptors (Lipinski definition) is 4. The molecule has 0 spiro atoms. The molecule has 0 bridgehead atoms. The third kappa shape index (κ3) is 3.42. The predicted octanol–water partition coefficient (Wildman–Crippen LogP) is 3.53. The molecule has 1 aliphatic rings. The van der Waals surface area contributed by atoms with Crippen LogP contribution in [0.3, 0.4) is 0 Å². The molecule has 1 aromatic heterocycles. The van der Waals surface area contributed by atoms with Crippen LogP contribution in [0.1, 0.15) is 18.9 Å². The lowest BCUT2D eigenvalue weighted by Gasteiger charge is -2.09. The first-order valence-corrected chi connectivity index (χ1v) is 7.81. The zero-order valence-corrected chi connectivity index (χ0v) is 12.9. The molecular weight excluding hydrogens is 282 g/mol. The van der Waals surface area contributed by atoms with Crippen LogP contribution in [-0.4, -0.2) is 15.9 Å². The molecule has 1 saturated carbocycles. The number of anilines is 1. The molecule has 3 rings (SSSR count). The normalized spacial score (nSPS) is 20.1. The van der Waals surface area contributed by atoms with Gasteiger partial charge in [-0.3, -0.25) is 4.79 Å². The van der Waals surface area contributed by atoms with Gasteiger partial charge in [-0.25, -0.2) is 9.97 Å². The fourth-order valence-electron chi connectivity index (χ4n) is 2.20. The molecule has 2 aromatic rings. The van der Waals surface area contributed by atoms with Gasteiger partial charge in [0.15, 0.2) is 5.16 Å². The van der Waals surface area contributed by atoms with Gasteiger partial charge in [0.05, 0.1) is 0 Å². The van der Waals surface area contributed by atoms with Crippen molar-refractivity contribution in [1.29, 1.82) is 0 Å². The van der Waals surface area contributed by atoms with E-state index in [0.29, 0.717) is 5.92 Å². The van der Waals surface area contributed by atoms with Crippen LogP contribution in [0, 0.1) is 18.8 Å². The second-order valence-corrected chi connectivity index (χ2v) is 6.46. The highest BCUT2D eigenvalue weighted by Gasteiger charge is 2.39. The van der Waals surface area contributed by atoms with E-state index in [1.165, 1.54) is 11.8 Å². The smallest absolute Gasteiger partial charge is 0.227 e. The highest BCUT2D eigenvalue weighted by Crippen LogP contribution is 2.38. The van der Waals surface area contributed by atoms with Crippen LogP contribution in [0.5, 0.6) is 0 Å². The van der Waals surface area contributed by atoms with Crippen molar-refractivity contribution >= 4 is 23.4 Å². The standard InChI is InChI=1S/C16H17N3OS/c1-10-9-13(10)15(20)19-14-5-4-12(8-11(14)2)21-16-17-6-3-7-18-16/h3-8,10,13H,9H2,1-2H3,(H,19,20)/t10-,13-/m1/s1. The number of nitrogens with one attached hydrogen (secondary N) is 1. The average molecular weight is 299 g/mol. The molecule has 1 aliphatic carbocycles. The molecule has 0 radical (unpaired) electrons. The molecule has 1 fully saturated rings. The number of carbonyl (C=O) groups is 1. The van der Waals surface area contributed by atoms with Gasteiger partial charge in [0, 0.05) is 28.9 Å². The fraction of sp³-hybridized carbons (Fsp3) is 0.312. The molecule has 108 valence electrons. The summed E-state index contributed by atoms with van der Waals surface area (Å²) in [7, 11) is 0. The Hall–Kier alpha value is -1.88. The first-order chi connectivity index (χ1) is 10.1. The van der Waals surface area contributed by atoms with Crippen LogP contribution in [0.15, 0.2) is 46.7 Å². The molecule has 5 heteroatoms. The quantitative estimate of drug-likeness (QED) is 0.877. The molecular formula is C16H17N3OS. The van der Waals surface area contributed by atoms with E-state index in [9.17, 15) is 4.79 Å². The number of carbonyl (C=O) groups excluding carboxylic acids is 1. The second-order valence-electron chi connectivity index (χ2n) is 5.42. The summed E-state index contributed by atoms with van der Waals surface area (Å²) in [5.74, 6) is 0.851. The fourth-order valence-corrected chi connectivity index (χ4v) is 3.01. The largest absolute Gasteiger partial charge is 0.326 e. The van der Waals surface area contributed by atoms with Gasteiger partial charge in [-0.05, 0) is 60.9 Å². The third-order valence-electron chi connectivity index (χ3n) is 3.65. The number of amides is 1. The molecule has 0 aliphatic heterocycles. The number of nitrogens with zero attached hydrogens (tertiary/aromatic N) is 2. The minimum absolute atomic E-state index is 0.136. The van der Waals surface area contributed by atoms with Crippen molar-refractivity contribution < 1.29 is 4.79 Å². The number of rotatable bonds is 4. The highest BCUT2D eigenvalue weighted by atomic mass is 32.2. The average Bonchev–Trinajstić information content (AvgIpc) is 3.20. The highest BCUT2D eigenvalue weighted by molar-refractivity contribution is 7.99. The molecule has 1 amide bonds. The summed E-state index contributed by atoms with van der Waals surface area (Å²) in [5.41, 5.74) is 1.94. The topological polar surface area (TPSA) is 54.9 Å². The summed E-state index contributed by atoms with van der Waals surface area (Å²) in [6.45, 7) is 4.11. The van der Waals surface area contributed by atoms with Gasteiger partial charge in [-0.15, -0.1) is 0 Å². The van der Waals surface area contributed by atoms with Crippen LogP contribution in [0.4, 0.5) is 5.69 Å². The van der Waals surface area contributed by atoms with E-state index in [2.05, 4.69) is 22.2 Å². The van der Waals surface area contributed by atoms with E-state index < -0.39 is 0 Å². The van der Waals surface area contributed by atoms with E-state index in [4.69, 9.17) is 0 Å². The van der Waals surface area contributed by atoms with Crippen LogP contribution in [0.25, 0.3) is 0 Å². The Bertz CT molecular complexity index is 660. The summed E-state index contributed by atoms with van der Waals surface area (Å²) in [6, 6.07) is 7.78. The number of aromatic nitrogens is 2. The summed E-state index contributed by atoms with van der Waals surface area (Å²) in [6.07, 6.45) is 4.46. The minimum atomic E-state index is 0.136. The van der Waals surface area contributed by atoms with Gasteiger partial charge < -0.3 is 5.32 Å². The van der Waals surface area contributed by atoms with Crippen molar-refractivity contribution in [2.75, 3.05) is 5.32 Å². The second kappa shape index (κ2) is 5.85. The lowest BCUT2D eigenvalue weighted by atomic mass is 10.2. The third-order valence-corrected chi connectivity index (χ3v) is 4.54. The van der Waals surface area contributed by atoms with Crippen LogP contribution in [-0.2, 0) is 4.79 Å². The molecule has 1 N–H and O–H groups in total. The van der Waals surface area contributed by atoms with Crippen LogP contribution >= 0.6 is 11.8 Å². The monoisotopic (exact) mass is 299 g/mol. The summed E-state index contributed by atoms with van der Waals surface area (Å²) < 4.78 is 0. The number of aryl methyl sites for hydroxylation is 1. The maximum absolute atomic E-state index is 12.0. The Morgan fingerprint density at radius 1 is 1.33 bits per heavy atom. The molecule has 0 saturated heterocycles. The molecule has 1 aromatic carbocycles. The Balaban J connectivity index is 1.69. The lowest BCUT2D eigenvalue weighted by Crippen LogP contribution is -2.15. The predicted molar refractivity (Wildman–Crippen MR) is 83.2 cm³/mol. The van der Waals surface area contributed by atoms with Gasteiger partial charge in [-0.2, -0.15) is 0 Å². The van der Waals surface area contributed by atoms with Crippen molar-refractivity contribution in [3.8, 4) is 0 Å². The molecule has 0 unspecified atom stereocenters. The molecule has 21 heavy (non-hydrogen) atoms. The van der Waals surface area contributed by atoms with Crippen molar-refractivity contribution in [1.82, 2.24) is 9.97 Å².